The van der Waals surface area contributed by atoms with Crippen molar-refractivity contribution in [3.63, 3.8) is 0 Å². The molecule has 1 aromatic heterocycles. The largest absolute Gasteiger partial charge is 0.417 e. The quantitative estimate of drug-likeness (QED) is 0.681. The molecule has 0 saturated carbocycles. The van der Waals surface area contributed by atoms with Crippen LogP contribution < -0.4 is 11.3 Å². The van der Waals surface area contributed by atoms with Crippen molar-refractivity contribution in [2.45, 2.75) is 12.7 Å². The maximum absolute atomic E-state index is 13.1. The van der Waals surface area contributed by atoms with Crippen LogP contribution in [0.5, 0.6) is 0 Å². The summed E-state index contributed by atoms with van der Waals surface area (Å²) in [6, 6.07) is 5.03. The predicted octanol–water partition coefficient (Wildman–Crippen LogP) is 2.64. The van der Waals surface area contributed by atoms with E-state index in [4.69, 9.17) is 5.73 Å². The number of hydrogen-bond donors (Lipinski definition) is 1. The van der Waals surface area contributed by atoms with Crippen LogP contribution in [0.4, 0.5) is 23.2 Å². The lowest BCUT2D eigenvalue weighted by atomic mass is 10.1. The molecule has 0 spiro atoms. The van der Waals surface area contributed by atoms with Gasteiger partial charge in [0.05, 0.1) is 12.1 Å². The summed E-state index contributed by atoms with van der Waals surface area (Å²) in [6.07, 6.45) is -3.87. The van der Waals surface area contributed by atoms with Crippen LogP contribution in [0.25, 0.3) is 0 Å². The molecule has 0 amide bonds. The first-order valence-corrected chi connectivity index (χ1v) is 5.59. The number of hydrogen-bond acceptors (Lipinski definition) is 2. The van der Waals surface area contributed by atoms with E-state index >= 15 is 0 Å². The number of pyridine rings is 1. The van der Waals surface area contributed by atoms with E-state index in [2.05, 4.69) is 0 Å². The average Bonchev–Trinajstić information content (AvgIpc) is 2.35. The molecule has 0 radical (unpaired) electrons. The number of benzene rings is 1. The van der Waals surface area contributed by atoms with E-state index in [1.165, 1.54) is 6.07 Å². The summed E-state index contributed by atoms with van der Waals surface area (Å²) < 4.78 is 51.7. The number of nitrogens with two attached hydrogens (primary N) is 1. The summed E-state index contributed by atoms with van der Waals surface area (Å²) in [7, 11) is 0. The Bertz CT molecular complexity index is 692. The summed E-state index contributed by atoms with van der Waals surface area (Å²) >= 11 is 0. The lowest BCUT2D eigenvalue weighted by molar-refractivity contribution is -0.138. The topological polar surface area (TPSA) is 48.0 Å². The van der Waals surface area contributed by atoms with Crippen molar-refractivity contribution >= 4 is 5.69 Å². The van der Waals surface area contributed by atoms with Crippen molar-refractivity contribution in [2.75, 3.05) is 5.73 Å². The number of anilines is 1. The summed E-state index contributed by atoms with van der Waals surface area (Å²) in [5.41, 5.74) is 4.48. The van der Waals surface area contributed by atoms with Crippen molar-refractivity contribution in [3.8, 4) is 0 Å². The fraction of sp³-hybridized carbons (Fsp3) is 0.154. The predicted molar refractivity (Wildman–Crippen MR) is 65.6 cm³/mol. The van der Waals surface area contributed by atoms with Gasteiger partial charge in [-0.05, 0) is 29.8 Å². The summed E-state index contributed by atoms with van der Waals surface area (Å²) in [6.45, 7) is -0.230. The molecule has 0 unspecified atom stereocenters. The van der Waals surface area contributed by atoms with E-state index in [0.717, 1.165) is 22.8 Å². The molecule has 3 nitrogen and oxygen atoms in total. The first kappa shape index (κ1) is 14.1. The van der Waals surface area contributed by atoms with E-state index in [1.807, 2.05) is 0 Å². The van der Waals surface area contributed by atoms with Crippen LogP contribution in [0, 0.1) is 5.82 Å². The Morgan fingerprint density at radius 1 is 1.15 bits per heavy atom. The number of aromatic nitrogens is 1. The van der Waals surface area contributed by atoms with E-state index < -0.39 is 23.1 Å². The van der Waals surface area contributed by atoms with E-state index in [9.17, 15) is 22.4 Å². The molecular formula is C13H10F4N2O. The van der Waals surface area contributed by atoms with Gasteiger partial charge >= 0.3 is 6.18 Å². The molecule has 0 fully saturated rings. The Kier molecular flexibility index (Phi) is 3.52. The van der Waals surface area contributed by atoms with Crippen molar-refractivity contribution in [2.24, 2.45) is 0 Å². The zero-order valence-electron chi connectivity index (χ0n) is 10.1. The molecule has 0 atom stereocenters. The van der Waals surface area contributed by atoms with Gasteiger partial charge in [-0.3, -0.25) is 4.79 Å². The van der Waals surface area contributed by atoms with Gasteiger partial charge < -0.3 is 10.3 Å². The van der Waals surface area contributed by atoms with Crippen molar-refractivity contribution < 1.29 is 17.6 Å². The monoisotopic (exact) mass is 286 g/mol. The maximum atomic E-state index is 13.1. The Morgan fingerprint density at radius 2 is 1.85 bits per heavy atom. The fourth-order valence-corrected chi connectivity index (χ4v) is 1.72. The van der Waals surface area contributed by atoms with Gasteiger partial charge in [-0.25, -0.2) is 4.39 Å². The van der Waals surface area contributed by atoms with Crippen LogP contribution >= 0.6 is 0 Å². The minimum absolute atomic E-state index is 0.204. The summed E-state index contributed by atoms with van der Waals surface area (Å²) in [5.74, 6) is -0.575. The minimum Gasteiger partial charge on any atom is -0.398 e. The molecule has 0 aliphatic carbocycles. The second-order valence-corrected chi connectivity index (χ2v) is 4.22. The normalized spacial score (nSPS) is 11.6. The number of alkyl halides is 3. The highest BCUT2D eigenvalue weighted by molar-refractivity contribution is 5.46. The molecule has 2 N–H and O–H groups in total. The number of nitrogens with zero attached hydrogens (tertiary/aromatic N) is 1. The Hall–Kier alpha value is -2.31. The SMILES string of the molecule is Nc1ccc(F)cc1Cn1cc(C(F)(F)F)ccc1=O. The first-order valence-electron chi connectivity index (χ1n) is 5.59. The highest BCUT2D eigenvalue weighted by Gasteiger charge is 2.31. The van der Waals surface area contributed by atoms with Crippen LogP contribution in [-0.4, -0.2) is 4.57 Å². The summed E-state index contributed by atoms with van der Waals surface area (Å²) in [4.78, 5) is 11.6. The molecule has 1 heterocycles. The fourth-order valence-electron chi connectivity index (χ4n) is 1.72. The zero-order chi connectivity index (χ0) is 14.9. The molecule has 0 bridgehead atoms. The summed E-state index contributed by atoms with van der Waals surface area (Å²) in [5, 5.41) is 0. The van der Waals surface area contributed by atoms with Crippen LogP contribution in [-0.2, 0) is 12.7 Å². The van der Waals surface area contributed by atoms with E-state index in [1.54, 1.807) is 0 Å². The van der Waals surface area contributed by atoms with Gasteiger partial charge in [-0.2, -0.15) is 13.2 Å². The first-order chi connectivity index (χ1) is 9.27. The van der Waals surface area contributed by atoms with Gasteiger partial charge in [0.25, 0.3) is 5.56 Å². The molecule has 2 rings (SSSR count). The molecule has 20 heavy (non-hydrogen) atoms. The molecule has 0 aliphatic heterocycles. The van der Waals surface area contributed by atoms with Crippen molar-refractivity contribution in [1.29, 1.82) is 0 Å². The minimum atomic E-state index is -4.55. The van der Waals surface area contributed by atoms with E-state index in [-0.39, 0.29) is 17.8 Å². The third kappa shape index (κ3) is 2.98. The van der Waals surface area contributed by atoms with Gasteiger partial charge in [-0.15, -0.1) is 0 Å². The molecule has 106 valence electrons. The molecule has 0 aliphatic rings. The number of halogens is 4. The highest BCUT2D eigenvalue weighted by Crippen LogP contribution is 2.28. The average molecular weight is 286 g/mol. The molecule has 1 aromatic carbocycles. The van der Waals surface area contributed by atoms with Crippen LogP contribution in [0.15, 0.2) is 41.3 Å². The van der Waals surface area contributed by atoms with Crippen LogP contribution in [0.2, 0.25) is 0 Å². The molecule has 7 heteroatoms. The van der Waals surface area contributed by atoms with Crippen molar-refractivity contribution in [1.82, 2.24) is 4.57 Å². The van der Waals surface area contributed by atoms with Gasteiger partial charge in [0.15, 0.2) is 0 Å². The van der Waals surface area contributed by atoms with Crippen molar-refractivity contribution in [3.05, 3.63) is 63.8 Å². The third-order valence-corrected chi connectivity index (χ3v) is 2.76. The standard InChI is InChI=1S/C13H10F4N2O/c14-10-2-3-11(18)8(5-10)6-19-7-9(13(15,16)17)1-4-12(19)20/h1-5,7H,6,18H2. The molecule has 2 aromatic rings. The highest BCUT2D eigenvalue weighted by atomic mass is 19.4. The van der Waals surface area contributed by atoms with Gasteiger partial charge in [0.1, 0.15) is 5.82 Å². The third-order valence-electron chi connectivity index (χ3n) is 2.76. The second kappa shape index (κ2) is 4.99. The Morgan fingerprint density at radius 3 is 2.50 bits per heavy atom. The van der Waals surface area contributed by atoms with Gasteiger partial charge in [-0.1, -0.05) is 0 Å². The number of rotatable bonds is 2. The van der Waals surface area contributed by atoms with Crippen LogP contribution in [0.3, 0.4) is 0 Å². The van der Waals surface area contributed by atoms with Crippen LogP contribution in [0.1, 0.15) is 11.1 Å². The van der Waals surface area contributed by atoms with E-state index in [0.29, 0.717) is 12.3 Å². The Labute approximate surface area is 111 Å². The molecule has 0 saturated heterocycles. The van der Waals surface area contributed by atoms with Gasteiger partial charge in [0.2, 0.25) is 0 Å². The zero-order valence-corrected chi connectivity index (χ0v) is 10.1. The lowest BCUT2D eigenvalue weighted by Gasteiger charge is -2.12. The molecular weight excluding hydrogens is 276 g/mol. The lowest BCUT2D eigenvalue weighted by Crippen LogP contribution is -2.22. The van der Waals surface area contributed by atoms with Gasteiger partial charge in [0, 0.05) is 18.0 Å². The smallest absolute Gasteiger partial charge is 0.398 e. The number of nitrogen functional groups attached to an aromatic ring is 1. The second-order valence-electron chi connectivity index (χ2n) is 4.22. The maximum Gasteiger partial charge on any atom is 0.417 e. The Balaban J connectivity index is 2.43.